The summed E-state index contributed by atoms with van der Waals surface area (Å²) in [5, 5.41) is 5.94. The highest BCUT2D eigenvalue weighted by atomic mass is 19.1. The summed E-state index contributed by atoms with van der Waals surface area (Å²) < 4.78 is 13.1. The van der Waals surface area contributed by atoms with Crippen LogP contribution in [0.15, 0.2) is 24.3 Å². The van der Waals surface area contributed by atoms with Gasteiger partial charge in [-0.15, -0.1) is 0 Å². The molecule has 1 aliphatic carbocycles. The van der Waals surface area contributed by atoms with Crippen LogP contribution in [0.4, 0.5) is 4.39 Å². The average Bonchev–Trinajstić information content (AvgIpc) is 2.31. The predicted molar refractivity (Wildman–Crippen MR) is 68.8 cm³/mol. The summed E-state index contributed by atoms with van der Waals surface area (Å²) in [4.78, 5) is 11.0. The molecule has 4 heteroatoms. The lowest BCUT2D eigenvalue weighted by Gasteiger charge is -2.36. The van der Waals surface area contributed by atoms with Crippen LogP contribution in [0.3, 0.4) is 0 Å². The predicted octanol–water partition coefficient (Wildman–Crippen LogP) is 1.80. The van der Waals surface area contributed by atoms with Crippen molar-refractivity contribution in [2.45, 2.75) is 31.2 Å². The van der Waals surface area contributed by atoms with Crippen LogP contribution in [-0.4, -0.2) is 25.5 Å². The van der Waals surface area contributed by atoms with Crippen molar-refractivity contribution in [2.75, 3.05) is 13.6 Å². The third-order valence-electron chi connectivity index (χ3n) is 3.52. The molecule has 18 heavy (non-hydrogen) atoms. The Balaban J connectivity index is 1.69. The van der Waals surface area contributed by atoms with Crippen molar-refractivity contribution in [3.63, 3.8) is 0 Å². The molecule has 0 bridgehead atoms. The van der Waals surface area contributed by atoms with E-state index in [2.05, 4.69) is 10.6 Å². The van der Waals surface area contributed by atoms with Gasteiger partial charge in [0.05, 0.1) is 0 Å². The first-order valence-electron chi connectivity index (χ1n) is 6.38. The minimum Gasteiger partial charge on any atom is -0.359 e. The summed E-state index contributed by atoms with van der Waals surface area (Å²) in [5.74, 6) is 0.352. The molecule has 0 heterocycles. The molecule has 1 aliphatic rings. The van der Waals surface area contributed by atoms with Crippen molar-refractivity contribution in [1.82, 2.24) is 10.6 Å². The summed E-state index contributed by atoms with van der Waals surface area (Å²) in [5.41, 5.74) is 1.08. The lowest BCUT2D eigenvalue weighted by Crippen LogP contribution is -2.41. The van der Waals surface area contributed by atoms with E-state index < -0.39 is 0 Å². The van der Waals surface area contributed by atoms with Crippen LogP contribution >= 0.6 is 0 Å². The Kier molecular flexibility index (Phi) is 4.31. The maximum atomic E-state index is 13.1. The summed E-state index contributed by atoms with van der Waals surface area (Å²) in [6.07, 6.45) is 2.56. The molecule has 2 N–H and O–H groups in total. The molecule has 0 aliphatic heterocycles. The first-order chi connectivity index (χ1) is 8.69. The Bertz CT molecular complexity index is 416. The van der Waals surface area contributed by atoms with E-state index in [9.17, 15) is 9.18 Å². The second-order valence-electron chi connectivity index (χ2n) is 4.80. The van der Waals surface area contributed by atoms with Gasteiger partial charge in [0, 0.05) is 26.1 Å². The fourth-order valence-corrected chi connectivity index (χ4v) is 2.33. The summed E-state index contributed by atoms with van der Waals surface area (Å²) in [6, 6.07) is 7.29. The van der Waals surface area contributed by atoms with E-state index >= 15 is 0 Å². The minimum atomic E-state index is -0.163. The van der Waals surface area contributed by atoms with E-state index in [1.54, 1.807) is 19.2 Å². The lowest BCUT2D eigenvalue weighted by atomic mass is 9.76. The number of carbonyl (C=O) groups excluding carboxylic acids is 1. The minimum absolute atomic E-state index is 0.0588. The zero-order valence-electron chi connectivity index (χ0n) is 10.6. The van der Waals surface area contributed by atoms with Crippen LogP contribution in [0, 0.1) is 5.82 Å². The van der Waals surface area contributed by atoms with Gasteiger partial charge in [-0.2, -0.15) is 0 Å². The molecule has 0 spiro atoms. The molecule has 0 radical (unpaired) electrons. The number of carbonyl (C=O) groups is 1. The second-order valence-corrected chi connectivity index (χ2v) is 4.80. The maximum absolute atomic E-state index is 13.1. The van der Waals surface area contributed by atoms with Gasteiger partial charge >= 0.3 is 0 Å². The molecule has 1 aromatic rings. The Morgan fingerprint density at radius 3 is 2.89 bits per heavy atom. The number of nitrogens with one attached hydrogen (secondary N) is 2. The number of hydrogen-bond donors (Lipinski definition) is 2. The number of halogens is 1. The van der Waals surface area contributed by atoms with Crippen molar-refractivity contribution in [3.8, 4) is 0 Å². The van der Waals surface area contributed by atoms with E-state index in [1.165, 1.54) is 6.07 Å². The Labute approximate surface area is 107 Å². The van der Waals surface area contributed by atoms with Crippen LogP contribution in [0.5, 0.6) is 0 Å². The second kappa shape index (κ2) is 5.96. The highest BCUT2D eigenvalue weighted by molar-refractivity contribution is 5.75. The standard InChI is InChI=1S/C14H19FN2O/c1-16-14(18)5-6-17-13-8-11(9-13)10-3-2-4-12(15)7-10/h2-4,7,11,13,17H,5-6,8-9H2,1H3,(H,16,18). The SMILES string of the molecule is CNC(=O)CCNC1CC(c2cccc(F)c2)C1. The first-order valence-corrected chi connectivity index (χ1v) is 6.38. The topological polar surface area (TPSA) is 41.1 Å². The molecule has 0 aromatic heterocycles. The Hall–Kier alpha value is -1.42. The number of amides is 1. The van der Waals surface area contributed by atoms with Crippen LogP contribution in [-0.2, 0) is 4.79 Å². The molecular formula is C14H19FN2O. The summed E-state index contributed by atoms with van der Waals surface area (Å²) >= 11 is 0. The maximum Gasteiger partial charge on any atom is 0.221 e. The molecule has 98 valence electrons. The quantitative estimate of drug-likeness (QED) is 0.836. The number of rotatable bonds is 5. The van der Waals surface area contributed by atoms with Gasteiger partial charge in [0.1, 0.15) is 5.82 Å². The smallest absolute Gasteiger partial charge is 0.221 e. The average molecular weight is 250 g/mol. The van der Waals surface area contributed by atoms with Crippen LogP contribution in [0.2, 0.25) is 0 Å². The van der Waals surface area contributed by atoms with Crippen LogP contribution in [0.25, 0.3) is 0 Å². The van der Waals surface area contributed by atoms with E-state index in [4.69, 9.17) is 0 Å². The Morgan fingerprint density at radius 1 is 1.44 bits per heavy atom. The van der Waals surface area contributed by atoms with E-state index in [0.717, 1.165) is 18.4 Å². The van der Waals surface area contributed by atoms with Crippen molar-refractivity contribution in [1.29, 1.82) is 0 Å². The molecule has 1 aromatic carbocycles. The third kappa shape index (κ3) is 3.29. The summed E-state index contributed by atoms with van der Waals surface area (Å²) in [7, 11) is 1.64. The van der Waals surface area contributed by atoms with Gasteiger partial charge in [0.25, 0.3) is 0 Å². The van der Waals surface area contributed by atoms with Gasteiger partial charge in [-0.3, -0.25) is 4.79 Å². The van der Waals surface area contributed by atoms with Gasteiger partial charge < -0.3 is 10.6 Å². The number of benzene rings is 1. The first kappa shape index (κ1) is 13.0. The molecule has 3 nitrogen and oxygen atoms in total. The third-order valence-corrected chi connectivity index (χ3v) is 3.52. The Morgan fingerprint density at radius 2 is 2.22 bits per heavy atom. The van der Waals surface area contributed by atoms with E-state index in [-0.39, 0.29) is 11.7 Å². The zero-order valence-corrected chi connectivity index (χ0v) is 10.6. The molecule has 0 saturated heterocycles. The fourth-order valence-electron chi connectivity index (χ4n) is 2.33. The lowest BCUT2D eigenvalue weighted by molar-refractivity contribution is -0.120. The monoisotopic (exact) mass is 250 g/mol. The largest absolute Gasteiger partial charge is 0.359 e. The van der Waals surface area contributed by atoms with Crippen LogP contribution < -0.4 is 10.6 Å². The summed E-state index contributed by atoms with van der Waals surface area (Å²) in [6.45, 7) is 0.709. The van der Waals surface area contributed by atoms with Gasteiger partial charge in [-0.05, 0) is 36.5 Å². The fraction of sp³-hybridized carbons (Fsp3) is 0.500. The highest BCUT2D eigenvalue weighted by Gasteiger charge is 2.29. The van der Waals surface area contributed by atoms with Crippen molar-refractivity contribution < 1.29 is 9.18 Å². The molecule has 1 amide bonds. The van der Waals surface area contributed by atoms with Crippen LogP contribution in [0.1, 0.15) is 30.7 Å². The highest BCUT2D eigenvalue weighted by Crippen LogP contribution is 2.36. The molecule has 1 saturated carbocycles. The van der Waals surface area contributed by atoms with E-state index in [0.29, 0.717) is 24.9 Å². The van der Waals surface area contributed by atoms with Crippen molar-refractivity contribution >= 4 is 5.91 Å². The number of hydrogen-bond acceptors (Lipinski definition) is 2. The molecule has 0 atom stereocenters. The molecule has 0 unspecified atom stereocenters. The van der Waals surface area contributed by atoms with Gasteiger partial charge in [0.15, 0.2) is 0 Å². The molecule has 2 rings (SSSR count). The zero-order chi connectivity index (χ0) is 13.0. The van der Waals surface area contributed by atoms with Gasteiger partial charge in [-0.1, -0.05) is 12.1 Å². The molecular weight excluding hydrogens is 231 g/mol. The normalized spacial score (nSPS) is 22.3. The van der Waals surface area contributed by atoms with Gasteiger partial charge in [0.2, 0.25) is 5.91 Å². The van der Waals surface area contributed by atoms with Crippen molar-refractivity contribution in [3.05, 3.63) is 35.6 Å². The van der Waals surface area contributed by atoms with Crippen molar-refractivity contribution in [2.24, 2.45) is 0 Å². The molecule has 1 fully saturated rings. The van der Waals surface area contributed by atoms with Gasteiger partial charge in [-0.25, -0.2) is 4.39 Å². The van der Waals surface area contributed by atoms with E-state index in [1.807, 2.05) is 6.07 Å².